The Morgan fingerprint density at radius 3 is 2.52 bits per heavy atom. The lowest BCUT2D eigenvalue weighted by molar-refractivity contribution is -0.135. The lowest BCUT2D eigenvalue weighted by Gasteiger charge is -2.24. The van der Waals surface area contributed by atoms with Crippen molar-refractivity contribution in [1.29, 1.82) is 0 Å². The summed E-state index contributed by atoms with van der Waals surface area (Å²) in [5.74, 6) is 0.104. The standard InChI is InChI=1S/C18H26O3/c1-6-11-21-16-9-8-14(12-15(16)18(3,4)5)13(2)7-10-17(19)20/h7-9,12H,6,10-11H2,1-5H3,(H,19,20)/b13-7+. The number of hydrogen-bond acceptors (Lipinski definition) is 2. The van der Waals surface area contributed by atoms with Crippen LogP contribution in [-0.2, 0) is 10.2 Å². The molecular weight excluding hydrogens is 264 g/mol. The van der Waals surface area contributed by atoms with Crippen molar-refractivity contribution in [3.8, 4) is 5.75 Å². The molecule has 1 rings (SSSR count). The molecule has 116 valence electrons. The summed E-state index contributed by atoms with van der Waals surface area (Å²) < 4.78 is 5.83. The van der Waals surface area contributed by atoms with Crippen molar-refractivity contribution in [2.75, 3.05) is 6.61 Å². The molecule has 0 aromatic heterocycles. The van der Waals surface area contributed by atoms with E-state index in [0.29, 0.717) is 6.61 Å². The van der Waals surface area contributed by atoms with Crippen LogP contribution in [-0.4, -0.2) is 17.7 Å². The van der Waals surface area contributed by atoms with Gasteiger partial charge in [0.1, 0.15) is 5.75 Å². The molecule has 1 aromatic carbocycles. The van der Waals surface area contributed by atoms with Gasteiger partial charge in [0.2, 0.25) is 0 Å². The van der Waals surface area contributed by atoms with E-state index in [1.54, 1.807) is 6.08 Å². The molecule has 0 saturated heterocycles. The van der Waals surface area contributed by atoms with Gasteiger partial charge in [0.15, 0.2) is 0 Å². The normalized spacial score (nSPS) is 12.3. The highest BCUT2D eigenvalue weighted by atomic mass is 16.5. The Hall–Kier alpha value is -1.77. The second-order valence-electron chi connectivity index (χ2n) is 6.29. The van der Waals surface area contributed by atoms with Crippen LogP contribution in [0, 0.1) is 0 Å². The number of ether oxygens (including phenoxy) is 1. The number of carbonyl (C=O) groups is 1. The van der Waals surface area contributed by atoms with Crippen molar-refractivity contribution in [2.24, 2.45) is 0 Å². The highest BCUT2D eigenvalue weighted by Crippen LogP contribution is 2.34. The molecule has 0 heterocycles. The fraction of sp³-hybridized carbons (Fsp3) is 0.500. The van der Waals surface area contributed by atoms with Gasteiger partial charge in [-0.1, -0.05) is 39.8 Å². The Morgan fingerprint density at radius 2 is 2.00 bits per heavy atom. The monoisotopic (exact) mass is 290 g/mol. The predicted octanol–water partition coefficient (Wildman–Crippen LogP) is 4.65. The average molecular weight is 290 g/mol. The predicted molar refractivity (Wildman–Crippen MR) is 86.8 cm³/mol. The number of hydrogen-bond donors (Lipinski definition) is 1. The summed E-state index contributed by atoms with van der Waals surface area (Å²) in [5.41, 5.74) is 3.15. The SMILES string of the molecule is CCCOc1ccc(/C(C)=C/CC(=O)O)cc1C(C)(C)C. The topological polar surface area (TPSA) is 46.5 Å². The minimum atomic E-state index is -0.812. The molecule has 0 saturated carbocycles. The molecule has 21 heavy (non-hydrogen) atoms. The molecule has 0 radical (unpaired) electrons. The maximum atomic E-state index is 10.7. The van der Waals surface area contributed by atoms with Crippen LogP contribution in [0.15, 0.2) is 24.3 Å². The third kappa shape index (κ3) is 5.25. The first-order valence-electron chi connectivity index (χ1n) is 7.42. The average Bonchev–Trinajstić information content (AvgIpc) is 2.41. The summed E-state index contributed by atoms with van der Waals surface area (Å²) >= 11 is 0. The van der Waals surface area contributed by atoms with E-state index in [0.717, 1.165) is 28.9 Å². The Bertz CT molecular complexity index is 522. The van der Waals surface area contributed by atoms with Crippen molar-refractivity contribution < 1.29 is 14.6 Å². The molecule has 1 aromatic rings. The summed E-state index contributed by atoms with van der Waals surface area (Å²) in [6.45, 7) is 11.2. The minimum Gasteiger partial charge on any atom is -0.493 e. The van der Waals surface area contributed by atoms with Crippen LogP contribution in [0.4, 0.5) is 0 Å². The first kappa shape index (κ1) is 17.3. The largest absolute Gasteiger partial charge is 0.493 e. The second-order valence-corrected chi connectivity index (χ2v) is 6.29. The highest BCUT2D eigenvalue weighted by molar-refractivity contribution is 5.74. The van der Waals surface area contributed by atoms with E-state index in [4.69, 9.17) is 9.84 Å². The minimum absolute atomic E-state index is 0.0217. The van der Waals surface area contributed by atoms with Gasteiger partial charge in [-0.05, 0) is 42.0 Å². The van der Waals surface area contributed by atoms with E-state index >= 15 is 0 Å². The van der Waals surface area contributed by atoms with Crippen molar-refractivity contribution >= 4 is 11.5 Å². The molecule has 0 unspecified atom stereocenters. The number of benzene rings is 1. The summed E-state index contributed by atoms with van der Waals surface area (Å²) in [6.07, 6.45) is 2.77. The summed E-state index contributed by atoms with van der Waals surface area (Å²) in [4.78, 5) is 10.7. The number of carboxylic acid groups (broad SMARTS) is 1. The molecule has 3 heteroatoms. The molecule has 0 aliphatic rings. The third-order valence-corrected chi connectivity index (χ3v) is 3.29. The second kappa shape index (κ2) is 7.30. The highest BCUT2D eigenvalue weighted by Gasteiger charge is 2.19. The van der Waals surface area contributed by atoms with E-state index in [9.17, 15) is 4.79 Å². The first-order valence-corrected chi connectivity index (χ1v) is 7.42. The molecule has 0 spiro atoms. The van der Waals surface area contributed by atoms with Crippen LogP contribution in [0.3, 0.4) is 0 Å². The van der Waals surface area contributed by atoms with Gasteiger partial charge in [-0.15, -0.1) is 0 Å². The van der Waals surface area contributed by atoms with E-state index in [1.165, 1.54) is 0 Å². The van der Waals surface area contributed by atoms with E-state index in [-0.39, 0.29) is 11.8 Å². The lowest BCUT2D eigenvalue weighted by Crippen LogP contribution is -2.14. The maximum absolute atomic E-state index is 10.7. The fourth-order valence-electron chi connectivity index (χ4n) is 2.06. The first-order chi connectivity index (χ1) is 9.75. The summed E-state index contributed by atoms with van der Waals surface area (Å²) in [5, 5.41) is 8.77. The lowest BCUT2D eigenvalue weighted by atomic mass is 9.84. The summed E-state index contributed by atoms with van der Waals surface area (Å²) in [7, 11) is 0. The van der Waals surface area contributed by atoms with Crippen LogP contribution in [0.1, 0.15) is 58.6 Å². The van der Waals surface area contributed by atoms with Gasteiger partial charge >= 0.3 is 5.97 Å². The van der Waals surface area contributed by atoms with Gasteiger partial charge in [-0.25, -0.2) is 0 Å². The quantitative estimate of drug-likeness (QED) is 0.829. The van der Waals surface area contributed by atoms with Crippen LogP contribution >= 0.6 is 0 Å². The van der Waals surface area contributed by atoms with Crippen molar-refractivity contribution in [3.05, 3.63) is 35.4 Å². The molecule has 0 aliphatic heterocycles. The van der Waals surface area contributed by atoms with Crippen molar-refractivity contribution in [3.63, 3.8) is 0 Å². The zero-order valence-electron chi connectivity index (χ0n) is 13.7. The fourth-order valence-corrected chi connectivity index (χ4v) is 2.06. The van der Waals surface area contributed by atoms with Gasteiger partial charge in [-0.3, -0.25) is 4.79 Å². The van der Waals surface area contributed by atoms with Gasteiger partial charge in [-0.2, -0.15) is 0 Å². The van der Waals surface area contributed by atoms with Crippen LogP contribution in [0.5, 0.6) is 5.75 Å². The Balaban J connectivity index is 3.15. The molecule has 0 amide bonds. The van der Waals surface area contributed by atoms with E-state index in [2.05, 4.69) is 33.8 Å². The van der Waals surface area contributed by atoms with E-state index in [1.807, 2.05) is 19.1 Å². The maximum Gasteiger partial charge on any atom is 0.307 e. The number of rotatable bonds is 6. The molecule has 0 bridgehead atoms. The van der Waals surface area contributed by atoms with Gasteiger partial charge in [0, 0.05) is 5.56 Å². The number of aliphatic carboxylic acids is 1. The van der Waals surface area contributed by atoms with Crippen LogP contribution in [0.2, 0.25) is 0 Å². The van der Waals surface area contributed by atoms with Gasteiger partial charge in [0.05, 0.1) is 13.0 Å². The zero-order valence-corrected chi connectivity index (χ0v) is 13.7. The van der Waals surface area contributed by atoms with Crippen LogP contribution in [0.25, 0.3) is 5.57 Å². The number of carboxylic acids is 1. The smallest absolute Gasteiger partial charge is 0.307 e. The molecule has 1 N–H and O–H groups in total. The summed E-state index contributed by atoms with van der Waals surface area (Å²) in [6, 6.07) is 6.09. The molecule has 0 atom stereocenters. The molecule has 3 nitrogen and oxygen atoms in total. The molecule has 0 fully saturated rings. The Labute approximate surface area is 127 Å². The van der Waals surface area contributed by atoms with Crippen LogP contribution < -0.4 is 4.74 Å². The van der Waals surface area contributed by atoms with Crippen molar-refractivity contribution in [2.45, 2.75) is 52.9 Å². The molecule has 0 aliphatic carbocycles. The van der Waals surface area contributed by atoms with Gasteiger partial charge < -0.3 is 9.84 Å². The number of allylic oxidation sites excluding steroid dienone is 1. The Kier molecular flexibility index (Phi) is 6.01. The molecular formula is C18H26O3. The third-order valence-electron chi connectivity index (χ3n) is 3.29. The Morgan fingerprint density at radius 1 is 1.33 bits per heavy atom. The van der Waals surface area contributed by atoms with Gasteiger partial charge in [0.25, 0.3) is 0 Å². The van der Waals surface area contributed by atoms with E-state index < -0.39 is 5.97 Å². The zero-order chi connectivity index (χ0) is 16.0. The van der Waals surface area contributed by atoms with Crippen molar-refractivity contribution in [1.82, 2.24) is 0 Å².